The largest absolute Gasteiger partial charge is 0.469 e. The maximum absolute atomic E-state index is 11.6. The number of carbonyl (C=O) groups is 1. The van der Waals surface area contributed by atoms with Crippen molar-refractivity contribution in [2.75, 3.05) is 27.4 Å². The van der Waals surface area contributed by atoms with Gasteiger partial charge in [0.25, 0.3) is 0 Å². The summed E-state index contributed by atoms with van der Waals surface area (Å²) in [4.78, 5) is 11.5. The van der Waals surface area contributed by atoms with Gasteiger partial charge in [-0.05, 0) is 23.1 Å². The average molecular weight is 581 g/mol. The Labute approximate surface area is 249 Å². The Balaban J connectivity index is 1.78. The van der Waals surface area contributed by atoms with Crippen LogP contribution in [0.5, 0.6) is 0 Å². The molecule has 0 fully saturated rings. The smallest absolute Gasteiger partial charge is 0.305 e. The minimum atomic E-state index is -1.20. The standard InChI is InChI=1S/C34H44O8/c1-26(22-39-23-27-14-7-4-8-15-27)32(41-24-28-16-9-5-10-17-28)33(42-25-29-18-11-6-12-19-29)31(36)34(38-3)40-21-13-20-30(35)37-2/h4-12,14-19,26,31-34,36H,13,20-25H2,1-3H3. The van der Waals surface area contributed by atoms with E-state index in [2.05, 4.69) is 0 Å². The van der Waals surface area contributed by atoms with E-state index in [1.807, 2.05) is 97.9 Å². The van der Waals surface area contributed by atoms with E-state index >= 15 is 0 Å². The Morgan fingerprint density at radius 2 is 1.21 bits per heavy atom. The molecule has 0 aromatic heterocycles. The maximum atomic E-state index is 11.6. The van der Waals surface area contributed by atoms with Gasteiger partial charge in [0.1, 0.15) is 12.2 Å². The van der Waals surface area contributed by atoms with E-state index in [4.69, 9.17) is 28.4 Å². The summed E-state index contributed by atoms with van der Waals surface area (Å²) in [5, 5.41) is 11.6. The lowest BCUT2D eigenvalue weighted by Crippen LogP contribution is -2.51. The first-order valence-corrected chi connectivity index (χ1v) is 14.3. The van der Waals surface area contributed by atoms with E-state index in [0.29, 0.717) is 26.2 Å². The molecule has 0 heterocycles. The highest BCUT2D eigenvalue weighted by Gasteiger charge is 2.39. The molecular weight excluding hydrogens is 536 g/mol. The molecule has 1 N–H and O–H groups in total. The number of esters is 1. The molecule has 0 aliphatic carbocycles. The molecule has 42 heavy (non-hydrogen) atoms. The Morgan fingerprint density at radius 3 is 1.71 bits per heavy atom. The summed E-state index contributed by atoms with van der Waals surface area (Å²) in [6, 6.07) is 29.6. The van der Waals surface area contributed by atoms with Crippen LogP contribution in [0.15, 0.2) is 91.0 Å². The molecule has 0 spiro atoms. The normalized spacial score (nSPS) is 15.0. The Hall–Kier alpha value is -3.11. The summed E-state index contributed by atoms with van der Waals surface area (Å²) in [5.41, 5.74) is 3.03. The van der Waals surface area contributed by atoms with Gasteiger partial charge < -0.3 is 33.5 Å². The molecule has 228 valence electrons. The second-order valence-electron chi connectivity index (χ2n) is 10.1. The van der Waals surface area contributed by atoms with Crippen molar-refractivity contribution < 1.29 is 38.3 Å². The lowest BCUT2D eigenvalue weighted by atomic mass is 9.95. The monoisotopic (exact) mass is 580 g/mol. The third-order valence-electron chi connectivity index (χ3n) is 6.83. The summed E-state index contributed by atoms with van der Waals surface area (Å²) < 4.78 is 35.1. The zero-order chi connectivity index (χ0) is 30.0. The number of hydrogen-bond acceptors (Lipinski definition) is 8. The van der Waals surface area contributed by atoms with E-state index in [-0.39, 0.29) is 31.5 Å². The zero-order valence-electron chi connectivity index (χ0n) is 24.8. The molecule has 3 aromatic carbocycles. The number of rotatable bonds is 20. The first-order chi connectivity index (χ1) is 20.5. The lowest BCUT2D eigenvalue weighted by Gasteiger charge is -2.37. The molecule has 0 amide bonds. The molecule has 8 nitrogen and oxygen atoms in total. The topological polar surface area (TPSA) is 92.7 Å². The van der Waals surface area contributed by atoms with Crippen LogP contribution in [-0.2, 0) is 53.0 Å². The fourth-order valence-corrected chi connectivity index (χ4v) is 4.51. The first kappa shape index (κ1) is 33.4. The van der Waals surface area contributed by atoms with Crippen molar-refractivity contribution in [3.63, 3.8) is 0 Å². The summed E-state index contributed by atoms with van der Waals surface area (Å²) in [6.45, 7) is 3.63. The number of ether oxygens (including phenoxy) is 6. The summed E-state index contributed by atoms with van der Waals surface area (Å²) in [7, 11) is 2.81. The number of carbonyl (C=O) groups excluding carboxylic acids is 1. The second-order valence-corrected chi connectivity index (χ2v) is 10.1. The fourth-order valence-electron chi connectivity index (χ4n) is 4.51. The lowest BCUT2D eigenvalue weighted by molar-refractivity contribution is -0.238. The highest BCUT2D eigenvalue weighted by atomic mass is 16.7. The number of methoxy groups -OCH3 is 2. The predicted molar refractivity (Wildman–Crippen MR) is 159 cm³/mol. The van der Waals surface area contributed by atoms with Gasteiger partial charge in [0, 0.05) is 19.4 Å². The fraction of sp³-hybridized carbons (Fsp3) is 0.441. The highest BCUT2D eigenvalue weighted by molar-refractivity contribution is 5.68. The molecule has 3 aromatic rings. The Bertz CT molecular complexity index is 1110. The SMILES string of the molecule is COC(=O)CCCOC(OC)C(O)C(OCc1ccccc1)C(OCc1ccccc1)C(C)COCc1ccccc1. The Morgan fingerprint density at radius 1 is 0.714 bits per heavy atom. The van der Waals surface area contributed by atoms with Gasteiger partial charge in [-0.25, -0.2) is 0 Å². The number of aliphatic hydroxyl groups excluding tert-OH is 1. The minimum absolute atomic E-state index is 0.162. The van der Waals surface area contributed by atoms with Crippen LogP contribution in [0.4, 0.5) is 0 Å². The molecule has 5 unspecified atom stereocenters. The van der Waals surface area contributed by atoms with Gasteiger partial charge in [-0.15, -0.1) is 0 Å². The summed E-state index contributed by atoms with van der Waals surface area (Å²) in [6.07, 6.45) is -2.98. The third kappa shape index (κ3) is 11.6. The van der Waals surface area contributed by atoms with Crippen molar-refractivity contribution in [2.24, 2.45) is 5.92 Å². The van der Waals surface area contributed by atoms with Gasteiger partial charge in [-0.3, -0.25) is 4.79 Å². The van der Waals surface area contributed by atoms with E-state index in [9.17, 15) is 9.90 Å². The van der Waals surface area contributed by atoms with Crippen LogP contribution in [0.25, 0.3) is 0 Å². The van der Waals surface area contributed by atoms with E-state index in [0.717, 1.165) is 16.7 Å². The van der Waals surface area contributed by atoms with Crippen LogP contribution in [0.3, 0.4) is 0 Å². The molecule has 0 bridgehead atoms. The molecular formula is C34H44O8. The Kier molecular flexibility index (Phi) is 15.2. The molecule has 8 heteroatoms. The van der Waals surface area contributed by atoms with Crippen LogP contribution in [-0.4, -0.2) is 63.1 Å². The van der Waals surface area contributed by atoms with Gasteiger partial charge in [-0.1, -0.05) is 97.9 Å². The van der Waals surface area contributed by atoms with Gasteiger partial charge in [-0.2, -0.15) is 0 Å². The molecule has 5 atom stereocenters. The van der Waals surface area contributed by atoms with Crippen molar-refractivity contribution in [1.29, 1.82) is 0 Å². The average Bonchev–Trinajstić information content (AvgIpc) is 3.03. The van der Waals surface area contributed by atoms with E-state index in [1.165, 1.54) is 14.2 Å². The number of benzene rings is 3. The maximum Gasteiger partial charge on any atom is 0.305 e. The van der Waals surface area contributed by atoms with Crippen LogP contribution in [0.1, 0.15) is 36.5 Å². The zero-order valence-corrected chi connectivity index (χ0v) is 24.8. The third-order valence-corrected chi connectivity index (χ3v) is 6.83. The molecule has 0 saturated carbocycles. The minimum Gasteiger partial charge on any atom is -0.469 e. The molecule has 0 radical (unpaired) electrons. The molecule has 0 aliphatic rings. The molecule has 0 saturated heterocycles. The molecule has 3 rings (SSSR count). The summed E-state index contributed by atoms with van der Waals surface area (Å²) >= 11 is 0. The van der Waals surface area contributed by atoms with Crippen LogP contribution < -0.4 is 0 Å². The van der Waals surface area contributed by atoms with Gasteiger partial charge >= 0.3 is 5.97 Å². The second kappa shape index (κ2) is 19.2. The van der Waals surface area contributed by atoms with Crippen LogP contribution in [0.2, 0.25) is 0 Å². The van der Waals surface area contributed by atoms with E-state index < -0.39 is 24.6 Å². The van der Waals surface area contributed by atoms with Gasteiger partial charge in [0.05, 0.1) is 46.2 Å². The van der Waals surface area contributed by atoms with Crippen LogP contribution in [0, 0.1) is 5.92 Å². The van der Waals surface area contributed by atoms with Gasteiger partial charge in [0.2, 0.25) is 0 Å². The van der Waals surface area contributed by atoms with Crippen molar-refractivity contribution in [3.8, 4) is 0 Å². The van der Waals surface area contributed by atoms with Gasteiger partial charge in [0.15, 0.2) is 6.29 Å². The first-order valence-electron chi connectivity index (χ1n) is 14.3. The highest BCUT2D eigenvalue weighted by Crippen LogP contribution is 2.25. The van der Waals surface area contributed by atoms with Crippen molar-refractivity contribution in [1.82, 2.24) is 0 Å². The predicted octanol–water partition coefficient (Wildman–Crippen LogP) is 5.31. The number of hydrogen-bond donors (Lipinski definition) is 1. The summed E-state index contributed by atoms with van der Waals surface area (Å²) in [5.74, 6) is -0.486. The van der Waals surface area contributed by atoms with E-state index in [1.54, 1.807) is 0 Å². The number of aliphatic hydroxyl groups is 1. The van der Waals surface area contributed by atoms with Crippen molar-refractivity contribution >= 4 is 5.97 Å². The quantitative estimate of drug-likeness (QED) is 0.109. The van der Waals surface area contributed by atoms with Crippen LogP contribution >= 0.6 is 0 Å². The van der Waals surface area contributed by atoms with Crippen molar-refractivity contribution in [3.05, 3.63) is 108 Å². The molecule has 0 aliphatic heterocycles. The van der Waals surface area contributed by atoms with Crippen molar-refractivity contribution in [2.45, 2.75) is 64.2 Å².